The van der Waals surface area contributed by atoms with Crippen molar-refractivity contribution in [2.75, 3.05) is 18.0 Å². The molecule has 1 saturated heterocycles. The minimum Gasteiger partial charge on any atom is -0.489 e. The van der Waals surface area contributed by atoms with Gasteiger partial charge in [0.1, 0.15) is 12.4 Å². The number of rotatable bonds is 7. The number of carbonyl (C=O) groups is 1. The van der Waals surface area contributed by atoms with Crippen LogP contribution in [-0.2, 0) is 12.8 Å². The predicted molar refractivity (Wildman–Crippen MR) is 136 cm³/mol. The molecule has 1 N–H and O–H groups in total. The molecule has 1 heterocycles. The molecule has 1 aliphatic heterocycles. The van der Waals surface area contributed by atoms with Gasteiger partial charge in [0.25, 0.3) is 5.91 Å². The number of carbonyl (C=O) groups excluding carboxylic acids is 1. The molecule has 4 rings (SSSR count). The Morgan fingerprint density at radius 1 is 1.06 bits per heavy atom. The average molecular weight is 517 g/mol. The van der Waals surface area contributed by atoms with Gasteiger partial charge in [-0.25, -0.2) is 0 Å². The number of halogens is 4. The predicted octanol–water partition coefficient (Wildman–Crippen LogP) is 7.12. The highest BCUT2D eigenvalue weighted by Crippen LogP contribution is 2.37. The first-order valence-electron chi connectivity index (χ1n) is 11.9. The Hall–Kier alpha value is -3.19. The first kappa shape index (κ1) is 25.9. The van der Waals surface area contributed by atoms with Crippen LogP contribution in [0, 0.1) is 0 Å². The Morgan fingerprint density at radius 2 is 1.81 bits per heavy atom. The van der Waals surface area contributed by atoms with Crippen LogP contribution in [-0.4, -0.2) is 24.5 Å². The van der Waals surface area contributed by atoms with Gasteiger partial charge in [0.05, 0.1) is 21.7 Å². The van der Waals surface area contributed by atoms with E-state index in [1.165, 1.54) is 12.1 Å². The number of piperidine rings is 1. The molecule has 0 aromatic heterocycles. The van der Waals surface area contributed by atoms with E-state index in [0.717, 1.165) is 48.9 Å². The lowest BCUT2D eigenvalue weighted by Crippen LogP contribution is -2.56. The lowest BCUT2D eigenvalue weighted by molar-refractivity contribution is -0.137. The van der Waals surface area contributed by atoms with Gasteiger partial charge in [-0.1, -0.05) is 54.1 Å². The van der Waals surface area contributed by atoms with E-state index >= 15 is 0 Å². The zero-order valence-electron chi connectivity index (χ0n) is 19.9. The van der Waals surface area contributed by atoms with E-state index in [1.807, 2.05) is 54.6 Å². The van der Waals surface area contributed by atoms with Crippen molar-refractivity contribution in [3.63, 3.8) is 0 Å². The summed E-state index contributed by atoms with van der Waals surface area (Å²) in [5.41, 5.74) is 0.402. The van der Waals surface area contributed by atoms with E-state index in [4.69, 9.17) is 16.3 Å². The summed E-state index contributed by atoms with van der Waals surface area (Å²) in [7, 11) is 0. The van der Waals surface area contributed by atoms with Crippen molar-refractivity contribution in [1.29, 1.82) is 0 Å². The van der Waals surface area contributed by atoms with Crippen molar-refractivity contribution in [2.24, 2.45) is 0 Å². The summed E-state index contributed by atoms with van der Waals surface area (Å²) < 4.78 is 45.7. The van der Waals surface area contributed by atoms with Crippen molar-refractivity contribution < 1.29 is 22.7 Å². The minimum absolute atomic E-state index is 0.186. The molecule has 3 aromatic rings. The molecular weight excluding hydrogens is 489 g/mol. The van der Waals surface area contributed by atoms with Crippen molar-refractivity contribution in [2.45, 2.75) is 44.5 Å². The van der Waals surface area contributed by atoms with Crippen LogP contribution in [0.1, 0.15) is 47.7 Å². The summed E-state index contributed by atoms with van der Waals surface area (Å²) in [6.07, 6.45) is -1.83. The van der Waals surface area contributed by atoms with Crippen LogP contribution in [0.15, 0.2) is 72.8 Å². The Bertz CT molecular complexity index is 1200. The molecule has 190 valence electrons. The lowest BCUT2D eigenvalue weighted by atomic mass is 9.87. The molecular formula is C28H28ClF3N2O2. The summed E-state index contributed by atoms with van der Waals surface area (Å²) in [5.74, 6) is 0.113. The first-order chi connectivity index (χ1) is 17.2. The van der Waals surface area contributed by atoms with Crippen molar-refractivity contribution in [3.05, 3.63) is 94.5 Å². The van der Waals surface area contributed by atoms with Crippen LogP contribution in [0.25, 0.3) is 0 Å². The summed E-state index contributed by atoms with van der Waals surface area (Å²) in [4.78, 5) is 15.1. The number of hydrogen-bond acceptors (Lipinski definition) is 3. The van der Waals surface area contributed by atoms with Gasteiger partial charge in [-0.15, -0.1) is 0 Å². The highest BCUT2D eigenvalue weighted by atomic mass is 35.5. The van der Waals surface area contributed by atoms with Gasteiger partial charge in [0.2, 0.25) is 0 Å². The number of benzene rings is 3. The Morgan fingerprint density at radius 3 is 2.56 bits per heavy atom. The zero-order chi connectivity index (χ0) is 25.8. The maximum absolute atomic E-state index is 13.2. The van der Waals surface area contributed by atoms with Crippen molar-refractivity contribution in [1.82, 2.24) is 5.32 Å². The molecule has 4 nitrogen and oxygen atoms in total. The minimum atomic E-state index is -4.63. The second-order valence-corrected chi connectivity index (χ2v) is 9.60. The molecule has 1 amide bonds. The largest absolute Gasteiger partial charge is 0.489 e. The van der Waals surface area contributed by atoms with Gasteiger partial charge in [0, 0.05) is 24.8 Å². The maximum Gasteiger partial charge on any atom is 0.417 e. The molecule has 36 heavy (non-hydrogen) atoms. The third-order valence-electron chi connectivity index (χ3n) is 6.55. The Labute approximate surface area is 214 Å². The molecule has 8 heteroatoms. The number of ether oxygens (including phenoxy) is 1. The molecule has 0 aliphatic carbocycles. The molecule has 1 aliphatic rings. The monoisotopic (exact) mass is 516 g/mol. The van der Waals surface area contributed by atoms with Crippen LogP contribution in [0.2, 0.25) is 5.02 Å². The summed E-state index contributed by atoms with van der Waals surface area (Å²) in [5, 5.41) is 2.24. The number of nitrogens with zero attached hydrogens (tertiary/aromatic N) is 1. The van der Waals surface area contributed by atoms with Crippen LogP contribution >= 0.6 is 11.6 Å². The van der Waals surface area contributed by atoms with Gasteiger partial charge in [0.15, 0.2) is 0 Å². The van der Waals surface area contributed by atoms with Crippen molar-refractivity contribution in [3.8, 4) is 5.75 Å². The van der Waals surface area contributed by atoms with E-state index < -0.39 is 28.2 Å². The normalized spacial score (nSPS) is 18.1. The first-order valence-corrected chi connectivity index (χ1v) is 12.2. The fraction of sp³-hybridized carbons (Fsp3) is 0.321. The summed E-state index contributed by atoms with van der Waals surface area (Å²) >= 11 is 5.96. The number of anilines is 1. The van der Waals surface area contributed by atoms with Gasteiger partial charge in [-0.3, -0.25) is 4.79 Å². The van der Waals surface area contributed by atoms with E-state index in [1.54, 1.807) is 0 Å². The number of hydrogen-bond donors (Lipinski definition) is 1. The van der Waals surface area contributed by atoms with Gasteiger partial charge in [-0.05, 0) is 56.0 Å². The van der Waals surface area contributed by atoms with E-state index in [9.17, 15) is 18.0 Å². The smallest absolute Gasteiger partial charge is 0.417 e. The highest BCUT2D eigenvalue weighted by molar-refractivity contribution is 6.34. The van der Waals surface area contributed by atoms with Crippen molar-refractivity contribution >= 4 is 23.2 Å². The second kappa shape index (κ2) is 10.8. The van der Waals surface area contributed by atoms with E-state index in [2.05, 4.69) is 17.1 Å². The standard InChI is InChI=1S/C28H28ClF3N2O2/c1-27(19-33-26(35)23-13-8-14-24(25(23)29)28(30,31)32)15-5-6-16-34(27)21-11-7-12-22(17-21)36-18-20-9-3-2-4-10-20/h2-4,7-14,17H,5-6,15-16,18-19H2,1H3,(H,33,35)/t27-/m0/s1. The fourth-order valence-electron chi connectivity index (χ4n) is 4.58. The molecule has 0 unspecified atom stereocenters. The zero-order valence-corrected chi connectivity index (χ0v) is 20.7. The number of nitrogens with one attached hydrogen (secondary N) is 1. The highest BCUT2D eigenvalue weighted by Gasteiger charge is 2.37. The lowest BCUT2D eigenvalue weighted by Gasteiger charge is -2.46. The van der Waals surface area contributed by atoms with Crippen LogP contribution in [0.4, 0.5) is 18.9 Å². The van der Waals surface area contributed by atoms with Crippen LogP contribution in [0.3, 0.4) is 0 Å². The number of amides is 1. The Balaban J connectivity index is 1.48. The third-order valence-corrected chi connectivity index (χ3v) is 6.96. The SMILES string of the molecule is C[C@@]1(CNC(=O)c2cccc(C(F)(F)F)c2Cl)CCCCN1c1cccc(OCc2ccccc2)c1. The number of alkyl halides is 3. The maximum atomic E-state index is 13.2. The topological polar surface area (TPSA) is 41.6 Å². The second-order valence-electron chi connectivity index (χ2n) is 9.22. The van der Waals surface area contributed by atoms with E-state index in [0.29, 0.717) is 6.61 Å². The van der Waals surface area contributed by atoms with Gasteiger partial charge in [-0.2, -0.15) is 13.2 Å². The molecule has 0 radical (unpaired) electrons. The van der Waals surface area contributed by atoms with Gasteiger partial charge < -0.3 is 15.0 Å². The average Bonchev–Trinajstić information content (AvgIpc) is 2.86. The quantitative estimate of drug-likeness (QED) is 0.363. The van der Waals surface area contributed by atoms with Gasteiger partial charge >= 0.3 is 6.18 Å². The summed E-state index contributed by atoms with van der Waals surface area (Å²) in [6.45, 7) is 3.55. The van der Waals surface area contributed by atoms with E-state index in [-0.39, 0.29) is 12.1 Å². The molecule has 3 aromatic carbocycles. The fourth-order valence-corrected chi connectivity index (χ4v) is 4.90. The van der Waals surface area contributed by atoms with Crippen LogP contribution in [0.5, 0.6) is 5.75 Å². The third kappa shape index (κ3) is 5.95. The molecule has 0 saturated carbocycles. The Kier molecular flexibility index (Phi) is 7.79. The van der Waals surface area contributed by atoms with Crippen LogP contribution < -0.4 is 15.0 Å². The molecule has 0 spiro atoms. The molecule has 1 fully saturated rings. The molecule has 0 bridgehead atoms. The summed E-state index contributed by atoms with van der Waals surface area (Å²) in [6, 6.07) is 21.1. The molecule has 1 atom stereocenters.